The molecule has 3 N–H and O–H groups in total. The number of nitrogens with one attached hydrogen (secondary N) is 1. The molecule has 0 radical (unpaired) electrons. The van der Waals surface area contributed by atoms with Crippen LogP contribution in [0.25, 0.3) is 0 Å². The fourth-order valence-electron chi connectivity index (χ4n) is 2.04. The number of guanidine groups is 1. The van der Waals surface area contributed by atoms with Crippen molar-refractivity contribution in [2.24, 2.45) is 10.1 Å². The number of hydrogen-bond acceptors (Lipinski definition) is 5. The van der Waals surface area contributed by atoms with E-state index in [1.807, 2.05) is 23.9 Å². The van der Waals surface area contributed by atoms with E-state index in [9.17, 15) is 13.2 Å². The predicted octanol–water partition coefficient (Wildman–Crippen LogP) is 0.244. The molecule has 1 heterocycles. The van der Waals surface area contributed by atoms with E-state index in [1.54, 1.807) is 12.1 Å². The molecule has 0 unspecified atom stereocenters. The summed E-state index contributed by atoms with van der Waals surface area (Å²) in [4.78, 5) is 14.2. The summed E-state index contributed by atoms with van der Waals surface area (Å²) in [6, 6.07) is 7.10. The molecule has 1 fully saturated rings. The van der Waals surface area contributed by atoms with Crippen LogP contribution in [0.15, 0.2) is 28.7 Å². The Kier molecular flexibility index (Phi) is 5.30. The minimum Gasteiger partial charge on any atom is -0.370 e. The molecule has 1 aromatic rings. The van der Waals surface area contributed by atoms with Gasteiger partial charge in [0.1, 0.15) is 0 Å². The first-order chi connectivity index (χ1) is 10.3. The van der Waals surface area contributed by atoms with Crippen molar-refractivity contribution in [1.82, 2.24) is 5.32 Å². The second-order valence-corrected chi connectivity index (χ2v) is 7.68. The monoisotopic (exact) mass is 342 g/mol. The second kappa shape index (κ2) is 7.01. The lowest BCUT2D eigenvalue weighted by atomic mass is 10.2. The first-order valence-corrected chi connectivity index (χ1v) is 9.65. The molecule has 1 aliphatic rings. The van der Waals surface area contributed by atoms with Gasteiger partial charge in [-0.25, -0.2) is 8.42 Å². The summed E-state index contributed by atoms with van der Waals surface area (Å²) < 4.78 is 25.1. The number of sulfonamides is 1. The number of thioether (sulfide) groups is 1. The zero-order chi connectivity index (χ0) is 16.2. The Labute approximate surface area is 134 Å². The first kappa shape index (κ1) is 16.6. The molecule has 0 aliphatic carbocycles. The molecule has 0 atom stereocenters. The summed E-state index contributed by atoms with van der Waals surface area (Å²) in [6.45, 7) is 1.98. The van der Waals surface area contributed by atoms with Crippen molar-refractivity contribution in [3.63, 3.8) is 0 Å². The van der Waals surface area contributed by atoms with Crippen molar-refractivity contribution in [1.29, 1.82) is 0 Å². The maximum Gasteiger partial charge on any atom is 0.257 e. The number of carbonyl (C=O) groups is 1. The normalized spacial score (nSPS) is 16.4. The lowest BCUT2D eigenvalue weighted by Crippen LogP contribution is -2.37. The summed E-state index contributed by atoms with van der Waals surface area (Å²) >= 11 is 1.93. The van der Waals surface area contributed by atoms with Gasteiger partial charge in [-0.2, -0.15) is 11.8 Å². The zero-order valence-corrected chi connectivity index (χ0v) is 13.8. The molecule has 22 heavy (non-hydrogen) atoms. The smallest absolute Gasteiger partial charge is 0.257 e. The molecule has 1 aromatic carbocycles. The fraction of sp³-hybridized carbons (Fsp3) is 0.385. The maximum atomic E-state index is 11.9. The average Bonchev–Trinajstić information content (AvgIpc) is 2.46. The van der Waals surface area contributed by atoms with Gasteiger partial charge in [-0.15, -0.1) is 4.40 Å². The van der Waals surface area contributed by atoms with E-state index >= 15 is 0 Å². The zero-order valence-electron chi connectivity index (χ0n) is 12.2. The van der Waals surface area contributed by atoms with Crippen LogP contribution in [-0.4, -0.2) is 51.1 Å². The van der Waals surface area contributed by atoms with Crippen molar-refractivity contribution < 1.29 is 13.2 Å². The van der Waals surface area contributed by atoms with Crippen LogP contribution < -0.4 is 16.0 Å². The number of carbonyl (C=O) groups excluding carboxylic acids is 1. The van der Waals surface area contributed by atoms with Gasteiger partial charge in [0, 0.05) is 35.8 Å². The summed E-state index contributed by atoms with van der Waals surface area (Å²) in [5, 5.41) is 2.24. The van der Waals surface area contributed by atoms with Gasteiger partial charge in [0.05, 0.1) is 6.26 Å². The van der Waals surface area contributed by atoms with Crippen LogP contribution in [0.3, 0.4) is 0 Å². The molecule has 0 bridgehead atoms. The van der Waals surface area contributed by atoms with Gasteiger partial charge in [0.15, 0.2) is 0 Å². The number of anilines is 1. The topological polar surface area (TPSA) is 105 Å². The molecule has 7 nitrogen and oxygen atoms in total. The molecule has 120 valence electrons. The highest BCUT2D eigenvalue weighted by atomic mass is 32.2. The molecule has 0 saturated carbocycles. The minimum atomic E-state index is -3.63. The van der Waals surface area contributed by atoms with E-state index in [4.69, 9.17) is 5.73 Å². The Balaban J connectivity index is 2.03. The van der Waals surface area contributed by atoms with Crippen molar-refractivity contribution >= 4 is 39.3 Å². The highest BCUT2D eigenvalue weighted by Gasteiger charge is 2.13. The van der Waals surface area contributed by atoms with Crippen LogP contribution in [0.5, 0.6) is 0 Å². The van der Waals surface area contributed by atoms with Gasteiger partial charge < -0.3 is 10.6 Å². The number of nitrogens with two attached hydrogens (primary N) is 1. The summed E-state index contributed by atoms with van der Waals surface area (Å²) in [5.74, 6) is 1.26. The van der Waals surface area contributed by atoms with Gasteiger partial charge >= 0.3 is 0 Å². The molecule has 1 amide bonds. The molecule has 9 heteroatoms. The quantitative estimate of drug-likeness (QED) is 0.602. The minimum absolute atomic E-state index is 0.391. The Morgan fingerprint density at radius 1 is 1.27 bits per heavy atom. The molecular weight excluding hydrogens is 324 g/mol. The Hall–Kier alpha value is -1.74. The third-order valence-electron chi connectivity index (χ3n) is 3.01. The van der Waals surface area contributed by atoms with E-state index in [2.05, 4.69) is 14.6 Å². The van der Waals surface area contributed by atoms with E-state index in [0.717, 1.165) is 36.5 Å². The van der Waals surface area contributed by atoms with Crippen LogP contribution in [0.4, 0.5) is 5.69 Å². The van der Waals surface area contributed by atoms with Gasteiger partial charge in [-0.1, -0.05) is 0 Å². The molecule has 0 aromatic heterocycles. The lowest BCUT2D eigenvalue weighted by Gasteiger charge is -2.28. The third-order valence-corrected chi connectivity index (χ3v) is 4.48. The molecule has 2 rings (SSSR count). The summed E-state index contributed by atoms with van der Waals surface area (Å²) in [5.41, 5.74) is 6.83. The second-order valence-electron chi connectivity index (χ2n) is 4.81. The van der Waals surface area contributed by atoms with Gasteiger partial charge in [0.25, 0.3) is 15.9 Å². The van der Waals surface area contributed by atoms with Crippen molar-refractivity contribution in [3.8, 4) is 0 Å². The highest BCUT2D eigenvalue weighted by Crippen LogP contribution is 2.19. The Morgan fingerprint density at radius 2 is 1.86 bits per heavy atom. The Bertz CT molecular complexity index is 665. The van der Waals surface area contributed by atoms with Gasteiger partial charge in [0.2, 0.25) is 5.96 Å². The maximum absolute atomic E-state index is 11.9. The van der Waals surface area contributed by atoms with Crippen LogP contribution in [0.2, 0.25) is 0 Å². The number of hydrogen-bond donors (Lipinski definition) is 2. The van der Waals surface area contributed by atoms with Crippen LogP contribution in [0, 0.1) is 0 Å². The van der Waals surface area contributed by atoms with Gasteiger partial charge in [-0.05, 0) is 24.3 Å². The van der Waals surface area contributed by atoms with E-state index < -0.39 is 21.9 Å². The number of amides is 1. The molecular formula is C13H18N4O3S2. The summed E-state index contributed by atoms with van der Waals surface area (Å²) in [6.07, 6.45) is 0.901. The van der Waals surface area contributed by atoms with Crippen LogP contribution >= 0.6 is 11.8 Å². The van der Waals surface area contributed by atoms with E-state index in [-0.39, 0.29) is 0 Å². The fourth-order valence-corrected chi connectivity index (χ4v) is 3.34. The SMILES string of the molecule is CS(=O)(=O)/N=C(\N)NC(=O)c1ccc(N2CCSCC2)cc1. The predicted molar refractivity (Wildman–Crippen MR) is 89.9 cm³/mol. The van der Waals surface area contributed by atoms with Crippen molar-refractivity contribution in [2.45, 2.75) is 0 Å². The Morgan fingerprint density at radius 3 is 2.41 bits per heavy atom. The third kappa shape index (κ3) is 4.92. The van der Waals surface area contributed by atoms with Gasteiger partial charge in [-0.3, -0.25) is 10.1 Å². The number of rotatable bonds is 3. The van der Waals surface area contributed by atoms with Crippen LogP contribution in [-0.2, 0) is 10.0 Å². The van der Waals surface area contributed by atoms with Crippen molar-refractivity contribution in [2.75, 3.05) is 35.8 Å². The van der Waals surface area contributed by atoms with E-state index in [0.29, 0.717) is 5.56 Å². The molecule has 1 aliphatic heterocycles. The highest BCUT2D eigenvalue weighted by molar-refractivity contribution is 7.99. The molecule has 0 spiro atoms. The summed E-state index contributed by atoms with van der Waals surface area (Å²) in [7, 11) is -3.63. The number of benzene rings is 1. The lowest BCUT2D eigenvalue weighted by molar-refractivity contribution is 0.0977. The van der Waals surface area contributed by atoms with E-state index in [1.165, 1.54) is 0 Å². The molecule has 1 saturated heterocycles. The first-order valence-electron chi connectivity index (χ1n) is 6.65. The van der Waals surface area contributed by atoms with Crippen LogP contribution in [0.1, 0.15) is 10.4 Å². The average molecular weight is 342 g/mol. The van der Waals surface area contributed by atoms with Crippen molar-refractivity contribution in [3.05, 3.63) is 29.8 Å². The number of nitrogens with zero attached hydrogens (tertiary/aromatic N) is 2. The standard InChI is InChI=1S/C13H18N4O3S2/c1-22(19,20)16-13(14)15-12(18)10-2-4-11(5-3-10)17-6-8-21-9-7-17/h2-5H,6-9H2,1H3,(H3,14,15,16,18). The largest absolute Gasteiger partial charge is 0.370 e.